The van der Waals surface area contributed by atoms with Crippen LogP contribution in [-0.2, 0) is 25.7 Å². The van der Waals surface area contributed by atoms with Crippen molar-refractivity contribution in [1.82, 2.24) is 15.5 Å². The molecule has 1 aliphatic heterocycles. The lowest BCUT2D eigenvalue weighted by Crippen LogP contribution is -2.56. The van der Waals surface area contributed by atoms with E-state index in [-0.39, 0.29) is 37.0 Å². The van der Waals surface area contributed by atoms with Gasteiger partial charge >= 0.3 is 0 Å². The van der Waals surface area contributed by atoms with Gasteiger partial charge in [0.2, 0.25) is 17.7 Å². The summed E-state index contributed by atoms with van der Waals surface area (Å²) >= 11 is 0. The molecule has 9 heteroatoms. The fourth-order valence-corrected chi connectivity index (χ4v) is 3.61. The van der Waals surface area contributed by atoms with Gasteiger partial charge in [-0.05, 0) is 43.4 Å². The molecule has 174 valence electrons. The number of nitrogens with one attached hydrogen (secondary N) is 3. The zero-order valence-corrected chi connectivity index (χ0v) is 18.5. The van der Waals surface area contributed by atoms with Gasteiger partial charge in [-0.1, -0.05) is 26.0 Å². The topological polar surface area (TPSA) is 119 Å². The van der Waals surface area contributed by atoms with Gasteiger partial charge < -0.3 is 20.9 Å². The summed E-state index contributed by atoms with van der Waals surface area (Å²) in [6.45, 7) is 4.18. The quantitative estimate of drug-likeness (QED) is 0.476. The lowest BCUT2D eigenvalue weighted by molar-refractivity contribution is -0.145. The van der Waals surface area contributed by atoms with Crippen LogP contribution in [-0.4, -0.2) is 53.2 Å². The molecule has 2 rings (SSSR count). The molecule has 1 aromatic carbocycles. The summed E-state index contributed by atoms with van der Waals surface area (Å²) in [7, 11) is 0. The zero-order chi connectivity index (χ0) is 23.7. The summed E-state index contributed by atoms with van der Waals surface area (Å²) in [5, 5.41) is 12.4. The number of amides is 3. The molecule has 1 saturated heterocycles. The van der Waals surface area contributed by atoms with Crippen molar-refractivity contribution in [1.29, 1.82) is 5.41 Å². The van der Waals surface area contributed by atoms with Crippen molar-refractivity contribution in [2.45, 2.75) is 64.6 Å². The molecule has 8 nitrogen and oxygen atoms in total. The average Bonchev–Trinajstić information content (AvgIpc) is 2.80. The van der Waals surface area contributed by atoms with Crippen LogP contribution in [0.1, 0.15) is 51.5 Å². The van der Waals surface area contributed by atoms with E-state index in [1.54, 1.807) is 30.9 Å². The summed E-state index contributed by atoms with van der Waals surface area (Å²) in [5.74, 6) is -2.11. The number of hydrogen-bond donors (Lipinski definition) is 3. The highest BCUT2D eigenvalue weighted by atomic mass is 19.1. The molecule has 1 fully saturated rings. The Hall–Kier alpha value is -3.10. The maximum absolute atomic E-state index is 13.1. The maximum atomic E-state index is 13.1. The first kappa shape index (κ1) is 25.2. The molecule has 0 aliphatic carbocycles. The Bertz CT molecular complexity index is 841. The Morgan fingerprint density at radius 3 is 2.50 bits per heavy atom. The van der Waals surface area contributed by atoms with E-state index in [0.29, 0.717) is 24.7 Å². The van der Waals surface area contributed by atoms with Crippen molar-refractivity contribution in [2.24, 2.45) is 5.92 Å². The molecule has 1 aliphatic rings. The van der Waals surface area contributed by atoms with Gasteiger partial charge in [-0.3, -0.25) is 19.2 Å². The van der Waals surface area contributed by atoms with E-state index in [2.05, 4.69) is 10.6 Å². The molecule has 0 unspecified atom stereocenters. The second-order valence-corrected chi connectivity index (χ2v) is 8.25. The number of carbonyl (C=O) groups excluding carboxylic acids is 4. The predicted octanol–water partition coefficient (Wildman–Crippen LogP) is 1.96. The van der Waals surface area contributed by atoms with Crippen molar-refractivity contribution in [2.75, 3.05) is 6.54 Å². The fourth-order valence-electron chi connectivity index (χ4n) is 3.61. The number of Topliss-reactive ketones (excluding diaryl/α,β-unsaturated/α-hetero) is 1. The van der Waals surface area contributed by atoms with Gasteiger partial charge in [0, 0.05) is 25.4 Å². The van der Waals surface area contributed by atoms with Gasteiger partial charge in [0.25, 0.3) is 0 Å². The van der Waals surface area contributed by atoms with Gasteiger partial charge in [0.15, 0.2) is 5.78 Å². The molecule has 0 aromatic heterocycles. The van der Waals surface area contributed by atoms with Crippen LogP contribution in [0.2, 0.25) is 0 Å². The monoisotopic (exact) mass is 446 g/mol. The first-order valence-electron chi connectivity index (χ1n) is 10.9. The lowest BCUT2D eigenvalue weighted by atomic mass is 9.98. The Kier molecular flexibility index (Phi) is 9.49. The van der Waals surface area contributed by atoms with Crippen LogP contribution in [0.25, 0.3) is 0 Å². The van der Waals surface area contributed by atoms with Crippen LogP contribution in [0.5, 0.6) is 0 Å². The van der Waals surface area contributed by atoms with Crippen LogP contribution >= 0.6 is 0 Å². The summed E-state index contributed by atoms with van der Waals surface area (Å²) in [4.78, 5) is 51.5. The Balaban J connectivity index is 2.08. The number of hydrogen-bond acceptors (Lipinski definition) is 5. The number of nitrogens with zero attached hydrogens (tertiary/aromatic N) is 1. The van der Waals surface area contributed by atoms with Gasteiger partial charge in [-0.15, -0.1) is 0 Å². The molecule has 1 heterocycles. The highest BCUT2D eigenvalue weighted by Gasteiger charge is 2.34. The smallest absolute Gasteiger partial charge is 0.243 e. The van der Waals surface area contributed by atoms with Crippen molar-refractivity contribution in [3.05, 3.63) is 35.6 Å². The largest absolute Gasteiger partial charge is 0.350 e. The van der Waals surface area contributed by atoms with Crippen LogP contribution in [0.3, 0.4) is 0 Å². The summed E-state index contributed by atoms with van der Waals surface area (Å²) in [5.41, 5.74) is 0.682. The second kappa shape index (κ2) is 12.1. The number of halogens is 1. The van der Waals surface area contributed by atoms with E-state index in [1.807, 2.05) is 0 Å². The standard InChI is InChI=1S/C23H31FN4O4/c1-15(2)23(32)28-12-4-3-5-20(28)22(31)27-19(11-10-18(29)13-25)21(30)26-14-16-6-8-17(24)9-7-16/h6-9,13,15,19-20,25H,3-5,10-12,14H2,1-2H3,(H,26,30)(H,27,31)/t19-,20-/m0/s1. The molecular weight excluding hydrogens is 415 g/mol. The minimum Gasteiger partial charge on any atom is -0.350 e. The van der Waals surface area contributed by atoms with Gasteiger partial charge in [-0.25, -0.2) is 4.39 Å². The van der Waals surface area contributed by atoms with E-state index in [1.165, 1.54) is 12.1 Å². The molecule has 0 bridgehead atoms. The minimum absolute atomic E-state index is 0.0278. The molecule has 3 N–H and O–H groups in total. The summed E-state index contributed by atoms with van der Waals surface area (Å²) < 4.78 is 13.1. The summed E-state index contributed by atoms with van der Waals surface area (Å²) in [6.07, 6.45) is 2.76. The van der Waals surface area contributed by atoms with Crippen molar-refractivity contribution >= 4 is 29.7 Å². The number of ketones is 1. The highest BCUT2D eigenvalue weighted by molar-refractivity contribution is 6.26. The number of benzene rings is 1. The first-order valence-corrected chi connectivity index (χ1v) is 10.9. The van der Waals surface area contributed by atoms with Crippen molar-refractivity contribution < 1.29 is 23.6 Å². The van der Waals surface area contributed by atoms with Crippen molar-refractivity contribution in [3.63, 3.8) is 0 Å². The predicted molar refractivity (Wildman–Crippen MR) is 117 cm³/mol. The molecule has 3 amide bonds. The maximum Gasteiger partial charge on any atom is 0.243 e. The third-order valence-corrected chi connectivity index (χ3v) is 5.44. The fraction of sp³-hybridized carbons (Fsp3) is 0.522. The molecular formula is C23H31FN4O4. The van der Waals surface area contributed by atoms with E-state index in [0.717, 1.165) is 12.8 Å². The number of rotatable bonds is 10. The molecule has 0 saturated carbocycles. The van der Waals surface area contributed by atoms with Crippen LogP contribution in [0.15, 0.2) is 24.3 Å². The average molecular weight is 447 g/mol. The summed E-state index contributed by atoms with van der Waals surface area (Å²) in [6, 6.07) is 3.99. The number of likely N-dealkylation sites (tertiary alicyclic amines) is 1. The van der Waals surface area contributed by atoms with Gasteiger partial charge in [-0.2, -0.15) is 0 Å². The normalized spacial score (nSPS) is 16.9. The third kappa shape index (κ3) is 7.25. The van der Waals surface area contributed by atoms with E-state index < -0.39 is 29.7 Å². The molecule has 2 atom stereocenters. The highest BCUT2D eigenvalue weighted by Crippen LogP contribution is 2.20. The van der Waals surface area contributed by atoms with Gasteiger partial charge in [0.1, 0.15) is 17.9 Å². The Labute approximate surface area is 187 Å². The second-order valence-electron chi connectivity index (χ2n) is 8.25. The van der Waals surface area contributed by atoms with Crippen LogP contribution < -0.4 is 10.6 Å². The SMILES string of the molecule is CC(C)C(=O)N1CCCC[C@H]1C(=O)N[C@@H](CCC(=O)C=N)C(=O)NCc1ccc(F)cc1. The first-order chi connectivity index (χ1) is 15.2. The molecule has 1 aromatic rings. The molecule has 0 spiro atoms. The Morgan fingerprint density at radius 2 is 1.88 bits per heavy atom. The van der Waals surface area contributed by atoms with Gasteiger partial charge in [0.05, 0.1) is 6.21 Å². The van der Waals surface area contributed by atoms with E-state index in [9.17, 15) is 23.6 Å². The lowest BCUT2D eigenvalue weighted by Gasteiger charge is -2.36. The minimum atomic E-state index is -0.996. The third-order valence-electron chi connectivity index (χ3n) is 5.44. The van der Waals surface area contributed by atoms with E-state index in [4.69, 9.17) is 5.41 Å². The zero-order valence-electron chi connectivity index (χ0n) is 18.5. The Morgan fingerprint density at radius 1 is 1.19 bits per heavy atom. The van der Waals surface area contributed by atoms with Crippen LogP contribution in [0.4, 0.5) is 4.39 Å². The number of piperidine rings is 1. The van der Waals surface area contributed by atoms with Crippen molar-refractivity contribution in [3.8, 4) is 0 Å². The molecule has 0 radical (unpaired) electrons. The van der Waals surface area contributed by atoms with E-state index >= 15 is 0 Å². The molecule has 32 heavy (non-hydrogen) atoms. The van der Waals surface area contributed by atoms with Crippen LogP contribution in [0, 0.1) is 17.1 Å². The number of carbonyl (C=O) groups is 4.